The van der Waals surface area contributed by atoms with Gasteiger partial charge in [-0.1, -0.05) is 13.8 Å². The molecular weight excluding hydrogens is 162 g/mol. The van der Waals surface area contributed by atoms with Gasteiger partial charge in [0.1, 0.15) is 0 Å². The predicted molar refractivity (Wildman–Crippen MR) is 54.5 cm³/mol. The summed E-state index contributed by atoms with van der Waals surface area (Å²) in [6, 6.07) is 4.04. The van der Waals surface area contributed by atoms with Gasteiger partial charge in [-0.3, -0.25) is 0 Å². The molecule has 0 amide bonds. The summed E-state index contributed by atoms with van der Waals surface area (Å²) in [5.74, 6) is 0. The van der Waals surface area contributed by atoms with Crippen molar-refractivity contribution in [2.75, 3.05) is 6.61 Å². The van der Waals surface area contributed by atoms with Gasteiger partial charge >= 0.3 is 0 Å². The Morgan fingerprint density at radius 2 is 1.69 bits per heavy atom. The standard InChI is InChI=1S/C11H19NO/c1-3-11(4-2,10-13)9-12-7-5-6-8-12/h5-8,13H,3-4,9-10H2,1-2H3. The zero-order chi connectivity index (χ0) is 9.73. The molecule has 2 heteroatoms. The number of hydrogen-bond acceptors (Lipinski definition) is 1. The molecule has 0 saturated heterocycles. The lowest BCUT2D eigenvalue weighted by Crippen LogP contribution is -2.29. The third-order valence-electron chi connectivity index (χ3n) is 3.02. The summed E-state index contributed by atoms with van der Waals surface area (Å²) < 4.78 is 2.14. The van der Waals surface area contributed by atoms with Crippen molar-refractivity contribution in [2.24, 2.45) is 5.41 Å². The van der Waals surface area contributed by atoms with E-state index in [1.807, 2.05) is 12.1 Å². The second-order valence-electron chi connectivity index (χ2n) is 3.72. The molecule has 1 heterocycles. The van der Waals surface area contributed by atoms with E-state index in [0.29, 0.717) is 0 Å². The minimum absolute atomic E-state index is 0.0685. The molecule has 0 radical (unpaired) electrons. The topological polar surface area (TPSA) is 25.2 Å². The molecule has 1 N–H and O–H groups in total. The second-order valence-corrected chi connectivity index (χ2v) is 3.72. The lowest BCUT2D eigenvalue weighted by molar-refractivity contribution is 0.0959. The summed E-state index contributed by atoms with van der Waals surface area (Å²) in [7, 11) is 0. The van der Waals surface area contributed by atoms with E-state index in [0.717, 1.165) is 19.4 Å². The summed E-state index contributed by atoms with van der Waals surface area (Å²) in [5.41, 5.74) is 0.0685. The lowest BCUT2D eigenvalue weighted by Gasteiger charge is -2.29. The van der Waals surface area contributed by atoms with Gasteiger partial charge in [-0.2, -0.15) is 0 Å². The van der Waals surface area contributed by atoms with E-state index in [-0.39, 0.29) is 12.0 Å². The van der Waals surface area contributed by atoms with Gasteiger partial charge in [0.25, 0.3) is 0 Å². The van der Waals surface area contributed by atoms with Crippen molar-refractivity contribution in [2.45, 2.75) is 33.2 Å². The number of nitrogens with zero attached hydrogens (tertiary/aromatic N) is 1. The van der Waals surface area contributed by atoms with Crippen LogP contribution in [0.15, 0.2) is 24.5 Å². The number of aliphatic hydroxyl groups excluding tert-OH is 1. The van der Waals surface area contributed by atoms with Gasteiger partial charge in [0.05, 0.1) is 6.61 Å². The number of aliphatic hydroxyl groups is 1. The van der Waals surface area contributed by atoms with Crippen molar-refractivity contribution < 1.29 is 5.11 Å². The van der Waals surface area contributed by atoms with Crippen LogP contribution in [0.2, 0.25) is 0 Å². The Morgan fingerprint density at radius 3 is 2.08 bits per heavy atom. The number of aromatic nitrogens is 1. The van der Waals surface area contributed by atoms with E-state index in [2.05, 4.69) is 30.8 Å². The molecule has 0 spiro atoms. The largest absolute Gasteiger partial charge is 0.396 e. The van der Waals surface area contributed by atoms with Crippen molar-refractivity contribution in [1.82, 2.24) is 4.57 Å². The van der Waals surface area contributed by atoms with Crippen LogP contribution in [0.25, 0.3) is 0 Å². The van der Waals surface area contributed by atoms with Gasteiger partial charge in [0.15, 0.2) is 0 Å². The molecule has 0 bridgehead atoms. The van der Waals surface area contributed by atoms with Crippen molar-refractivity contribution in [3.63, 3.8) is 0 Å². The van der Waals surface area contributed by atoms with Crippen LogP contribution in [-0.4, -0.2) is 16.3 Å². The zero-order valence-electron chi connectivity index (χ0n) is 8.53. The van der Waals surface area contributed by atoms with E-state index in [1.165, 1.54) is 0 Å². The Morgan fingerprint density at radius 1 is 1.15 bits per heavy atom. The SMILES string of the molecule is CCC(CC)(CO)Cn1cccc1. The molecule has 0 aliphatic rings. The molecule has 0 unspecified atom stereocenters. The molecular formula is C11H19NO. The average molecular weight is 181 g/mol. The molecule has 13 heavy (non-hydrogen) atoms. The summed E-state index contributed by atoms with van der Waals surface area (Å²) >= 11 is 0. The van der Waals surface area contributed by atoms with E-state index in [1.54, 1.807) is 0 Å². The van der Waals surface area contributed by atoms with Crippen LogP contribution in [-0.2, 0) is 6.54 Å². The quantitative estimate of drug-likeness (QED) is 0.740. The first-order valence-corrected chi connectivity index (χ1v) is 4.98. The van der Waals surface area contributed by atoms with Gasteiger partial charge in [0, 0.05) is 24.4 Å². The molecule has 0 atom stereocenters. The molecule has 1 rings (SSSR count). The Labute approximate surface area is 80.2 Å². The molecule has 1 aromatic heterocycles. The summed E-state index contributed by atoms with van der Waals surface area (Å²) in [4.78, 5) is 0. The summed E-state index contributed by atoms with van der Waals surface area (Å²) in [5, 5.41) is 9.36. The molecule has 74 valence electrons. The van der Waals surface area contributed by atoms with Crippen molar-refractivity contribution in [3.8, 4) is 0 Å². The minimum Gasteiger partial charge on any atom is -0.396 e. The predicted octanol–water partition coefficient (Wildman–Crippen LogP) is 2.29. The first-order chi connectivity index (χ1) is 6.26. The van der Waals surface area contributed by atoms with Gasteiger partial charge in [0.2, 0.25) is 0 Å². The molecule has 0 saturated carbocycles. The Balaban J connectivity index is 2.67. The zero-order valence-corrected chi connectivity index (χ0v) is 8.53. The van der Waals surface area contributed by atoms with Crippen LogP contribution < -0.4 is 0 Å². The Kier molecular flexibility index (Phi) is 3.55. The van der Waals surface area contributed by atoms with Gasteiger partial charge in [-0.15, -0.1) is 0 Å². The van der Waals surface area contributed by atoms with Crippen molar-refractivity contribution in [3.05, 3.63) is 24.5 Å². The Hall–Kier alpha value is -0.760. The fourth-order valence-electron chi connectivity index (χ4n) is 1.61. The monoisotopic (exact) mass is 181 g/mol. The van der Waals surface area contributed by atoms with Crippen LogP contribution in [0.3, 0.4) is 0 Å². The number of rotatable bonds is 5. The highest BCUT2D eigenvalue weighted by atomic mass is 16.3. The smallest absolute Gasteiger partial charge is 0.0504 e. The number of hydrogen-bond donors (Lipinski definition) is 1. The first-order valence-electron chi connectivity index (χ1n) is 4.98. The average Bonchev–Trinajstić information content (AvgIpc) is 2.67. The third kappa shape index (κ3) is 2.34. The van der Waals surface area contributed by atoms with Crippen molar-refractivity contribution in [1.29, 1.82) is 0 Å². The highest BCUT2D eigenvalue weighted by molar-refractivity contribution is 4.92. The van der Waals surface area contributed by atoms with Gasteiger partial charge in [-0.25, -0.2) is 0 Å². The highest BCUT2D eigenvalue weighted by Crippen LogP contribution is 2.27. The molecule has 2 nitrogen and oxygen atoms in total. The summed E-state index contributed by atoms with van der Waals surface area (Å²) in [6.07, 6.45) is 6.15. The molecule has 0 aromatic carbocycles. The fraction of sp³-hybridized carbons (Fsp3) is 0.636. The van der Waals surface area contributed by atoms with Crippen LogP contribution in [0.4, 0.5) is 0 Å². The second kappa shape index (κ2) is 4.47. The maximum Gasteiger partial charge on any atom is 0.0504 e. The molecule has 0 aliphatic carbocycles. The van der Waals surface area contributed by atoms with Crippen LogP contribution in [0.1, 0.15) is 26.7 Å². The Bertz CT molecular complexity index is 216. The summed E-state index contributed by atoms with van der Waals surface area (Å²) in [6.45, 7) is 5.48. The molecule has 1 aromatic rings. The first kappa shape index (κ1) is 10.3. The van der Waals surface area contributed by atoms with E-state index in [4.69, 9.17) is 0 Å². The molecule has 0 aliphatic heterocycles. The van der Waals surface area contributed by atoms with Crippen LogP contribution in [0, 0.1) is 5.41 Å². The van der Waals surface area contributed by atoms with Gasteiger partial charge in [-0.05, 0) is 25.0 Å². The fourth-order valence-corrected chi connectivity index (χ4v) is 1.61. The van der Waals surface area contributed by atoms with E-state index in [9.17, 15) is 5.11 Å². The van der Waals surface area contributed by atoms with E-state index >= 15 is 0 Å². The molecule has 0 fully saturated rings. The highest BCUT2D eigenvalue weighted by Gasteiger charge is 2.25. The third-order valence-corrected chi connectivity index (χ3v) is 3.02. The van der Waals surface area contributed by atoms with Crippen molar-refractivity contribution >= 4 is 0 Å². The van der Waals surface area contributed by atoms with Gasteiger partial charge < -0.3 is 9.67 Å². The lowest BCUT2D eigenvalue weighted by atomic mass is 9.83. The van der Waals surface area contributed by atoms with E-state index < -0.39 is 0 Å². The maximum atomic E-state index is 9.36. The maximum absolute atomic E-state index is 9.36. The minimum atomic E-state index is 0.0685. The normalized spacial score (nSPS) is 11.9. The van der Waals surface area contributed by atoms with Crippen LogP contribution in [0.5, 0.6) is 0 Å². The van der Waals surface area contributed by atoms with Crippen LogP contribution >= 0.6 is 0 Å².